The minimum absolute atomic E-state index is 0.104. The Kier molecular flexibility index (Phi) is 5.65. The van der Waals surface area contributed by atoms with Crippen LogP contribution in [-0.2, 0) is 4.74 Å². The average Bonchev–Trinajstić information content (AvgIpc) is 3.14. The Morgan fingerprint density at radius 1 is 0.846 bits per heavy atom. The molecule has 2 aromatic carbocycles. The highest BCUT2D eigenvalue weighted by molar-refractivity contribution is 5.86. The summed E-state index contributed by atoms with van der Waals surface area (Å²) in [5.74, 6) is 1.71. The minimum Gasteiger partial charge on any atom is -0.373 e. The predicted octanol–water partition coefficient (Wildman–Crippen LogP) is 5.07. The molecule has 1 N–H and O–H groups in total. The van der Waals surface area contributed by atoms with Crippen LogP contribution in [0.1, 0.15) is 55.3 Å². The van der Waals surface area contributed by atoms with E-state index >= 15 is 0 Å². The number of nitrogens with one attached hydrogen (secondary N) is 1. The minimum atomic E-state index is 0.104. The fraction of sp³-hybridized carbons (Fsp3) is 0.435. The summed E-state index contributed by atoms with van der Waals surface area (Å²) >= 11 is 0. The molecule has 4 rings (SSSR count). The molecule has 0 spiro atoms. The van der Waals surface area contributed by atoms with Gasteiger partial charge in [0.25, 0.3) is 0 Å². The average molecular weight is 348 g/mol. The Hall–Kier alpha value is -2.13. The molecule has 1 fully saturated rings. The van der Waals surface area contributed by atoms with Crippen LogP contribution in [0, 0.1) is 5.92 Å². The van der Waals surface area contributed by atoms with Gasteiger partial charge in [-0.05, 0) is 29.9 Å². The molecule has 0 aromatic heterocycles. The van der Waals surface area contributed by atoms with E-state index in [9.17, 15) is 0 Å². The third kappa shape index (κ3) is 4.16. The zero-order valence-electron chi connectivity index (χ0n) is 15.3. The number of rotatable bonds is 6. The summed E-state index contributed by atoms with van der Waals surface area (Å²) in [5, 5.41) is 3.62. The molecule has 0 saturated heterocycles. The highest BCUT2D eigenvalue weighted by atomic mass is 16.5. The third-order valence-electron chi connectivity index (χ3n) is 5.55. The first-order chi connectivity index (χ1) is 12.9. The zero-order chi connectivity index (χ0) is 17.6. The summed E-state index contributed by atoms with van der Waals surface area (Å²) in [5.41, 5.74) is 2.52. The zero-order valence-corrected chi connectivity index (χ0v) is 15.3. The first kappa shape index (κ1) is 17.3. The van der Waals surface area contributed by atoms with Gasteiger partial charge in [0.05, 0.1) is 6.04 Å². The molecule has 2 aromatic rings. The van der Waals surface area contributed by atoms with Gasteiger partial charge >= 0.3 is 0 Å². The molecule has 2 aliphatic rings. The van der Waals surface area contributed by atoms with Gasteiger partial charge in [0, 0.05) is 6.61 Å². The number of benzene rings is 2. The highest BCUT2D eigenvalue weighted by Gasteiger charge is 2.31. The second kappa shape index (κ2) is 8.50. The molecule has 3 nitrogen and oxygen atoms in total. The van der Waals surface area contributed by atoms with Crippen LogP contribution < -0.4 is 5.32 Å². The van der Waals surface area contributed by atoms with Crippen molar-refractivity contribution in [2.45, 2.75) is 44.2 Å². The summed E-state index contributed by atoms with van der Waals surface area (Å²) in [7, 11) is 0. The monoisotopic (exact) mass is 348 g/mol. The lowest BCUT2D eigenvalue weighted by molar-refractivity contribution is 0.111. The van der Waals surface area contributed by atoms with Gasteiger partial charge in [0.1, 0.15) is 18.5 Å². The Labute approximate surface area is 156 Å². The lowest BCUT2D eigenvalue weighted by Crippen LogP contribution is -2.28. The van der Waals surface area contributed by atoms with Crippen LogP contribution in [0.2, 0.25) is 0 Å². The van der Waals surface area contributed by atoms with E-state index in [0.29, 0.717) is 6.61 Å². The van der Waals surface area contributed by atoms with E-state index in [2.05, 4.69) is 66.0 Å². The van der Waals surface area contributed by atoms with Crippen LogP contribution in [-0.4, -0.2) is 19.0 Å². The van der Waals surface area contributed by atoms with E-state index in [4.69, 9.17) is 9.73 Å². The van der Waals surface area contributed by atoms with Crippen molar-refractivity contribution in [2.24, 2.45) is 10.9 Å². The maximum absolute atomic E-state index is 6.03. The largest absolute Gasteiger partial charge is 0.373 e. The standard InChI is InChI=1S/C23H28N2O/c1-4-10-18(11-5-1)16-26-17-21-24-22(19-12-6-2-7-13-19)23(25-21)20-14-8-3-9-15-20/h2-3,6-9,12-15,18,22-23H,1,4-5,10-11,16-17H2,(H,24,25). The highest BCUT2D eigenvalue weighted by Crippen LogP contribution is 2.36. The number of nitrogens with zero attached hydrogens (tertiary/aromatic N) is 1. The lowest BCUT2D eigenvalue weighted by Gasteiger charge is -2.21. The molecule has 136 valence electrons. The van der Waals surface area contributed by atoms with Gasteiger partial charge in [-0.3, -0.25) is 4.99 Å². The fourth-order valence-electron chi connectivity index (χ4n) is 4.14. The predicted molar refractivity (Wildman–Crippen MR) is 106 cm³/mol. The molecule has 0 bridgehead atoms. The smallest absolute Gasteiger partial charge is 0.124 e. The molecule has 1 aliphatic carbocycles. The molecule has 1 aliphatic heterocycles. The number of ether oxygens (including phenoxy) is 1. The number of amidine groups is 1. The summed E-state index contributed by atoms with van der Waals surface area (Å²) in [6.45, 7) is 1.45. The first-order valence-electron chi connectivity index (χ1n) is 9.91. The van der Waals surface area contributed by atoms with E-state index in [1.54, 1.807) is 0 Å². The molecule has 0 amide bonds. The molecule has 1 saturated carbocycles. The summed E-state index contributed by atoms with van der Waals surface area (Å²) in [4.78, 5) is 4.98. The van der Waals surface area contributed by atoms with E-state index in [1.165, 1.54) is 43.2 Å². The maximum Gasteiger partial charge on any atom is 0.124 e. The molecule has 0 radical (unpaired) electrons. The molecule has 2 unspecified atom stereocenters. The summed E-state index contributed by atoms with van der Waals surface area (Å²) in [6.07, 6.45) is 6.75. The second-order valence-electron chi connectivity index (χ2n) is 7.48. The lowest BCUT2D eigenvalue weighted by atomic mass is 9.90. The van der Waals surface area contributed by atoms with Gasteiger partial charge in [-0.15, -0.1) is 0 Å². The molecule has 1 heterocycles. The number of aliphatic imine (C=N–C) groups is 1. The van der Waals surface area contributed by atoms with Crippen LogP contribution >= 0.6 is 0 Å². The van der Waals surface area contributed by atoms with Crippen molar-refractivity contribution in [3.8, 4) is 0 Å². The van der Waals surface area contributed by atoms with E-state index < -0.39 is 0 Å². The van der Waals surface area contributed by atoms with Gasteiger partial charge in [0.2, 0.25) is 0 Å². The van der Waals surface area contributed by atoms with Gasteiger partial charge in [0.15, 0.2) is 0 Å². The second-order valence-corrected chi connectivity index (χ2v) is 7.48. The molecular weight excluding hydrogens is 320 g/mol. The topological polar surface area (TPSA) is 33.6 Å². The Balaban J connectivity index is 1.43. The quantitative estimate of drug-likeness (QED) is 0.791. The van der Waals surface area contributed by atoms with Crippen LogP contribution in [0.25, 0.3) is 0 Å². The van der Waals surface area contributed by atoms with Crippen molar-refractivity contribution in [1.82, 2.24) is 5.32 Å². The number of hydrogen-bond donors (Lipinski definition) is 1. The van der Waals surface area contributed by atoms with E-state index in [0.717, 1.165) is 18.4 Å². The fourth-order valence-corrected chi connectivity index (χ4v) is 4.14. The SMILES string of the molecule is c1ccc(C2N=C(COCC3CCCCC3)NC2c2ccccc2)cc1. The van der Waals surface area contributed by atoms with Crippen LogP contribution in [0.5, 0.6) is 0 Å². The van der Waals surface area contributed by atoms with Crippen molar-refractivity contribution >= 4 is 5.84 Å². The Morgan fingerprint density at radius 3 is 2.19 bits per heavy atom. The molecule has 3 heteroatoms. The molecular formula is C23H28N2O. The van der Waals surface area contributed by atoms with Gasteiger partial charge in [-0.25, -0.2) is 0 Å². The van der Waals surface area contributed by atoms with Crippen LogP contribution in [0.3, 0.4) is 0 Å². The van der Waals surface area contributed by atoms with Crippen LogP contribution in [0.4, 0.5) is 0 Å². The van der Waals surface area contributed by atoms with E-state index in [1.807, 2.05) is 0 Å². The number of hydrogen-bond acceptors (Lipinski definition) is 3. The van der Waals surface area contributed by atoms with Crippen molar-refractivity contribution in [1.29, 1.82) is 0 Å². The first-order valence-corrected chi connectivity index (χ1v) is 9.91. The van der Waals surface area contributed by atoms with Crippen molar-refractivity contribution in [3.05, 3.63) is 71.8 Å². The molecule has 2 atom stereocenters. The van der Waals surface area contributed by atoms with Gasteiger partial charge < -0.3 is 10.1 Å². The third-order valence-corrected chi connectivity index (χ3v) is 5.55. The van der Waals surface area contributed by atoms with Gasteiger partial charge in [-0.2, -0.15) is 0 Å². The Bertz CT molecular complexity index is 708. The van der Waals surface area contributed by atoms with Crippen molar-refractivity contribution in [3.63, 3.8) is 0 Å². The van der Waals surface area contributed by atoms with Crippen LogP contribution in [0.15, 0.2) is 65.7 Å². The van der Waals surface area contributed by atoms with E-state index in [-0.39, 0.29) is 12.1 Å². The van der Waals surface area contributed by atoms with Crippen molar-refractivity contribution in [2.75, 3.05) is 13.2 Å². The summed E-state index contributed by atoms with van der Waals surface area (Å²) < 4.78 is 6.03. The normalized spacial score (nSPS) is 23.5. The summed E-state index contributed by atoms with van der Waals surface area (Å²) in [6, 6.07) is 21.4. The van der Waals surface area contributed by atoms with Crippen molar-refractivity contribution < 1.29 is 4.74 Å². The van der Waals surface area contributed by atoms with Gasteiger partial charge in [-0.1, -0.05) is 79.9 Å². The molecule has 26 heavy (non-hydrogen) atoms. The maximum atomic E-state index is 6.03. The Morgan fingerprint density at radius 2 is 1.50 bits per heavy atom.